The predicted molar refractivity (Wildman–Crippen MR) is 116 cm³/mol. The third-order valence-electron chi connectivity index (χ3n) is 4.92. The van der Waals surface area contributed by atoms with Gasteiger partial charge in [0.1, 0.15) is 15.7 Å². The van der Waals surface area contributed by atoms with E-state index in [9.17, 15) is 0 Å². The normalized spacial score (nSPS) is 15.7. The molecule has 1 aliphatic rings. The summed E-state index contributed by atoms with van der Waals surface area (Å²) < 4.78 is 0. The van der Waals surface area contributed by atoms with Gasteiger partial charge in [0, 0.05) is 5.75 Å². The van der Waals surface area contributed by atoms with Gasteiger partial charge >= 0.3 is 0 Å². The first-order chi connectivity index (χ1) is 13.3. The van der Waals surface area contributed by atoms with Crippen LogP contribution in [0, 0.1) is 6.92 Å². The molecule has 7 heteroatoms. The number of aromatic nitrogens is 3. The second-order valence-electron chi connectivity index (χ2n) is 6.93. The van der Waals surface area contributed by atoms with Gasteiger partial charge in [0.25, 0.3) is 0 Å². The van der Waals surface area contributed by atoms with Crippen LogP contribution >= 0.6 is 34.4 Å². The number of thiazole rings is 1. The Morgan fingerprint density at radius 2 is 1.93 bits per heavy atom. The van der Waals surface area contributed by atoms with Crippen molar-refractivity contribution in [2.45, 2.75) is 37.6 Å². The van der Waals surface area contributed by atoms with Gasteiger partial charge < -0.3 is 4.90 Å². The molecule has 4 rings (SSSR count). The lowest BCUT2D eigenvalue weighted by atomic mass is 10.2. The number of hydrogen-bond acceptors (Lipinski definition) is 6. The summed E-state index contributed by atoms with van der Waals surface area (Å²) in [4.78, 5) is 8.80. The van der Waals surface area contributed by atoms with Crippen LogP contribution in [0.25, 0.3) is 20.5 Å². The SMILES string of the molecule is Cc1nc(-c2cccs2)sc1-c1ccc(SCC[NH+]2CCCCCC2)nn1. The van der Waals surface area contributed by atoms with Crippen molar-refractivity contribution < 1.29 is 4.90 Å². The van der Waals surface area contributed by atoms with E-state index in [1.165, 1.54) is 50.2 Å². The van der Waals surface area contributed by atoms with Crippen LogP contribution in [0.1, 0.15) is 31.4 Å². The lowest BCUT2D eigenvalue weighted by Crippen LogP contribution is -3.12. The van der Waals surface area contributed by atoms with E-state index in [4.69, 9.17) is 4.98 Å². The molecule has 1 saturated heterocycles. The Kier molecular flexibility index (Phi) is 6.55. The standard InChI is InChI=1S/C20H24N4S3/c1-15-19(27-20(21-15)17-7-6-13-25-17)16-8-9-18(23-22-16)26-14-12-24-10-4-2-3-5-11-24/h6-9,13H,2-5,10-12,14H2,1H3/p+1. The lowest BCUT2D eigenvalue weighted by Gasteiger charge is -2.16. The summed E-state index contributed by atoms with van der Waals surface area (Å²) in [5.41, 5.74) is 1.96. The summed E-state index contributed by atoms with van der Waals surface area (Å²) in [6, 6.07) is 8.38. The van der Waals surface area contributed by atoms with Crippen molar-refractivity contribution in [2.24, 2.45) is 0 Å². The van der Waals surface area contributed by atoms with Gasteiger partial charge in [-0.3, -0.25) is 0 Å². The molecule has 0 amide bonds. The fourth-order valence-corrected chi connectivity index (χ4v) is 6.13. The molecular formula is C20H25N4S3+. The number of thiophene rings is 1. The van der Waals surface area contributed by atoms with E-state index in [2.05, 4.69) is 46.8 Å². The van der Waals surface area contributed by atoms with Gasteiger partial charge in [0.05, 0.1) is 35.1 Å². The van der Waals surface area contributed by atoms with Gasteiger partial charge in [-0.1, -0.05) is 17.8 Å². The number of hydrogen-bond donors (Lipinski definition) is 1. The maximum atomic E-state index is 4.71. The molecule has 4 nitrogen and oxygen atoms in total. The van der Waals surface area contributed by atoms with E-state index in [0.29, 0.717) is 0 Å². The molecule has 1 N–H and O–H groups in total. The molecule has 0 atom stereocenters. The van der Waals surface area contributed by atoms with E-state index >= 15 is 0 Å². The molecule has 27 heavy (non-hydrogen) atoms. The average molecular weight is 418 g/mol. The minimum absolute atomic E-state index is 0.926. The van der Waals surface area contributed by atoms with Gasteiger partial charge in [0.2, 0.25) is 0 Å². The summed E-state index contributed by atoms with van der Waals surface area (Å²) in [7, 11) is 0. The number of thioether (sulfide) groups is 1. The number of quaternary nitrogens is 1. The number of aryl methyl sites for hydroxylation is 1. The van der Waals surface area contributed by atoms with E-state index in [0.717, 1.165) is 32.1 Å². The molecule has 0 spiro atoms. The summed E-state index contributed by atoms with van der Waals surface area (Å²) in [5.74, 6) is 1.12. The molecule has 0 bridgehead atoms. The topological polar surface area (TPSA) is 43.1 Å². The fourth-order valence-electron chi connectivity index (χ4n) is 3.44. The number of nitrogens with zero attached hydrogens (tertiary/aromatic N) is 3. The monoisotopic (exact) mass is 417 g/mol. The number of likely N-dealkylation sites (tertiary alicyclic amines) is 1. The molecule has 0 aliphatic carbocycles. The van der Waals surface area contributed by atoms with Crippen molar-refractivity contribution in [2.75, 3.05) is 25.4 Å². The Morgan fingerprint density at radius 3 is 2.63 bits per heavy atom. The van der Waals surface area contributed by atoms with Gasteiger partial charge in [0.15, 0.2) is 0 Å². The van der Waals surface area contributed by atoms with Crippen LogP contribution in [0.5, 0.6) is 0 Å². The van der Waals surface area contributed by atoms with Crippen LogP contribution in [0.2, 0.25) is 0 Å². The van der Waals surface area contributed by atoms with Crippen LogP contribution in [-0.2, 0) is 0 Å². The summed E-state index contributed by atoms with van der Waals surface area (Å²) >= 11 is 5.25. The minimum Gasteiger partial charge on any atom is -0.334 e. The summed E-state index contributed by atoms with van der Waals surface area (Å²) in [6.45, 7) is 5.95. The molecule has 0 radical (unpaired) electrons. The summed E-state index contributed by atoms with van der Waals surface area (Å²) in [6.07, 6.45) is 5.59. The summed E-state index contributed by atoms with van der Waals surface area (Å²) in [5, 5.41) is 13.1. The predicted octanol–water partition coefficient (Wildman–Crippen LogP) is 4.19. The highest BCUT2D eigenvalue weighted by molar-refractivity contribution is 7.99. The van der Waals surface area contributed by atoms with E-state index in [-0.39, 0.29) is 0 Å². The van der Waals surface area contributed by atoms with Crippen molar-refractivity contribution in [3.63, 3.8) is 0 Å². The van der Waals surface area contributed by atoms with Gasteiger partial charge in [-0.05, 0) is 56.2 Å². The quantitative estimate of drug-likeness (QED) is 0.611. The van der Waals surface area contributed by atoms with Crippen LogP contribution in [0.3, 0.4) is 0 Å². The molecule has 3 aromatic heterocycles. The minimum atomic E-state index is 0.926. The molecule has 0 unspecified atom stereocenters. The van der Waals surface area contributed by atoms with Crippen molar-refractivity contribution in [3.05, 3.63) is 35.3 Å². The third kappa shape index (κ3) is 4.96. The molecule has 4 heterocycles. The number of nitrogens with one attached hydrogen (secondary N) is 1. The Balaban J connectivity index is 1.36. The van der Waals surface area contributed by atoms with Gasteiger partial charge in [-0.25, -0.2) is 4.98 Å². The second kappa shape index (κ2) is 9.28. The molecule has 1 aliphatic heterocycles. The van der Waals surface area contributed by atoms with Crippen LogP contribution < -0.4 is 4.90 Å². The van der Waals surface area contributed by atoms with Crippen LogP contribution in [-0.4, -0.2) is 40.6 Å². The smallest absolute Gasteiger partial charge is 0.134 e. The zero-order valence-electron chi connectivity index (χ0n) is 15.6. The molecule has 1 fully saturated rings. The van der Waals surface area contributed by atoms with E-state index in [1.807, 2.05) is 11.8 Å². The van der Waals surface area contributed by atoms with Crippen LogP contribution in [0.15, 0.2) is 34.7 Å². The molecule has 3 aromatic rings. The van der Waals surface area contributed by atoms with E-state index in [1.54, 1.807) is 27.6 Å². The lowest BCUT2D eigenvalue weighted by molar-refractivity contribution is -0.896. The Morgan fingerprint density at radius 1 is 1.07 bits per heavy atom. The first-order valence-electron chi connectivity index (χ1n) is 9.61. The average Bonchev–Trinajstić information content (AvgIpc) is 3.27. The van der Waals surface area contributed by atoms with E-state index < -0.39 is 0 Å². The third-order valence-corrected chi connectivity index (χ3v) is 8.06. The van der Waals surface area contributed by atoms with Crippen molar-refractivity contribution in [3.8, 4) is 20.5 Å². The zero-order chi connectivity index (χ0) is 18.5. The highest BCUT2D eigenvalue weighted by Crippen LogP contribution is 2.36. The molecule has 142 valence electrons. The fraction of sp³-hybridized carbons (Fsp3) is 0.450. The molecule has 0 saturated carbocycles. The highest BCUT2D eigenvalue weighted by Gasteiger charge is 2.14. The Hall–Kier alpha value is -1.28. The highest BCUT2D eigenvalue weighted by atomic mass is 32.2. The molecular weight excluding hydrogens is 392 g/mol. The number of rotatable bonds is 6. The Bertz CT molecular complexity index is 835. The van der Waals surface area contributed by atoms with Gasteiger partial charge in [-0.15, -0.1) is 32.9 Å². The maximum absolute atomic E-state index is 4.71. The van der Waals surface area contributed by atoms with Crippen molar-refractivity contribution in [1.82, 2.24) is 15.2 Å². The van der Waals surface area contributed by atoms with Crippen molar-refractivity contribution in [1.29, 1.82) is 0 Å². The zero-order valence-corrected chi connectivity index (χ0v) is 18.1. The maximum Gasteiger partial charge on any atom is 0.134 e. The van der Waals surface area contributed by atoms with Crippen LogP contribution in [0.4, 0.5) is 0 Å². The second-order valence-corrected chi connectivity index (χ2v) is 9.99. The first kappa shape index (κ1) is 19.1. The largest absolute Gasteiger partial charge is 0.334 e. The van der Waals surface area contributed by atoms with Crippen molar-refractivity contribution >= 4 is 34.4 Å². The first-order valence-corrected chi connectivity index (χ1v) is 12.3. The Labute approximate surface area is 173 Å². The van der Waals surface area contributed by atoms with Gasteiger partial charge in [-0.2, -0.15) is 0 Å². The molecule has 0 aromatic carbocycles.